The van der Waals surface area contributed by atoms with Gasteiger partial charge in [-0.15, -0.1) is 0 Å². The number of hydrogen-bond donors (Lipinski definition) is 1. The summed E-state index contributed by atoms with van der Waals surface area (Å²) in [7, 11) is 0. The standard InChI is InChI=1S/C13H23NO3/c14-7-10-1-3-12(4-2-10)13(15)17-9-11-5-6-16-8-11/h10-12H,1-9,14H2. The molecular formula is C13H23NO3. The van der Waals surface area contributed by atoms with Gasteiger partial charge in [-0.25, -0.2) is 0 Å². The molecule has 0 aromatic heterocycles. The molecule has 1 unspecified atom stereocenters. The van der Waals surface area contributed by atoms with Gasteiger partial charge in [-0.05, 0) is 44.6 Å². The number of rotatable bonds is 4. The van der Waals surface area contributed by atoms with E-state index in [0.717, 1.165) is 51.9 Å². The Balaban J connectivity index is 1.66. The zero-order valence-corrected chi connectivity index (χ0v) is 10.4. The van der Waals surface area contributed by atoms with Crippen molar-refractivity contribution in [1.82, 2.24) is 0 Å². The van der Waals surface area contributed by atoms with Crippen molar-refractivity contribution in [3.05, 3.63) is 0 Å². The van der Waals surface area contributed by atoms with Crippen LogP contribution in [0.1, 0.15) is 32.1 Å². The van der Waals surface area contributed by atoms with Gasteiger partial charge in [0.2, 0.25) is 0 Å². The van der Waals surface area contributed by atoms with E-state index in [2.05, 4.69) is 0 Å². The summed E-state index contributed by atoms with van der Waals surface area (Å²) in [6.45, 7) is 2.84. The summed E-state index contributed by atoms with van der Waals surface area (Å²) in [4.78, 5) is 11.9. The summed E-state index contributed by atoms with van der Waals surface area (Å²) >= 11 is 0. The second-order valence-electron chi connectivity index (χ2n) is 5.31. The highest BCUT2D eigenvalue weighted by atomic mass is 16.5. The average Bonchev–Trinajstić information content (AvgIpc) is 2.89. The van der Waals surface area contributed by atoms with Gasteiger partial charge in [0.15, 0.2) is 0 Å². The fourth-order valence-corrected chi connectivity index (χ4v) is 2.67. The molecule has 1 aliphatic heterocycles. The van der Waals surface area contributed by atoms with Crippen molar-refractivity contribution in [2.24, 2.45) is 23.5 Å². The molecule has 0 bridgehead atoms. The normalized spacial score (nSPS) is 33.6. The fraction of sp³-hybridized carbons (Fsp3) is 0.923. The lowest BCUT2D eigenvalue weighted by Gasteiger charge is -2.26. The lowest BCUT2D eigenvalue weighted by Crippen LogP contribution is -2.28. The van der Waals surface area contributed by atoms with Gasteiger partial charge >= 0.3 is 5.97 Å². The van der Waals surface area contributed by atoms with E-state index in [-0.39, 0.29) is 11.9 Å². The first-order chi connectivity index (χ1) is 8.29. The Kier molecular flexibility index (Phi) is 4.80. The van der Waals surface area contributed by atoms with Crippen molar-refractivity contribution >= 4 is 5.97 Å². The minimum atomic E-state index is -0.00706. The number of carbonyl (C=O) groups is 1. The molecule has 2 aliphatic rings. The van der Waals surface area contributed by atoms with Crippen LogP contribution < -0.4 is 5.73 Å². The van der Waals surface area contributed by atoms with Crippen LogP contribution in [0.5, 0.6) is 0 Å². The van der Waals surface area contributed by atoms with E-state index in [0.29, 0.717) is 18.4 Å². The van der Waals surface area contributed by atoms with Crippen LogP contribution in [0.4, 0.5) is 0 Å². The third kappa shape index (κ3) is 3.68. The van der Waals surface area contributed by atoms with Gasteiger partial charge in [-0.2, -0.15) is 0 Å². The van der Waals surface area contributed by atoms with E-state index < -0.39 is 0 Å². The first-order valence-corrected chi connectivity index (χ1v) is 6.74. The Labute approximate surface area is 103 Å². The predicted molar refractivity (Wildman–Crippen MR) is 64.4 cm³/mol. The second-order valence-corrected chi connectivity index (χ2v) is 5.31. The van der Waals surface area contributed by atoms with Crippen molar-refractivity contribution in [3.8, 4) is 0 Å². The molecule has 0 aromatic carbocycles. The zero-order valence-electron chi connectivity index (χ0n) is 10.4. The molecule has 98 valence electrons. The molecule has 2 rings (SSSR count). The summed E-state index contributed by atoms with van der Waals surface area (Å²) in [5.41, 5.74) is 5.64. The van der Waals surface area contributed by atoms with Crippen molar-refractivity contribution in [1.29, 1.82) is 0 Å². The second kappa shape index (κ2) is 6.36. The Hall–Kier alpha value is -0.610. The van der Waals surface area contributed by atoms with E-state index in [4.69, 9.17) is 15.2 Å². The molecule has 0 amide bonds. The van der Waals surface area contributed by atoms with Crippen molar-refractivity contribution in [2.75, 3.05) is 26.4 Å². The van der Waals surface area contributed by atoms with E-state index in [1.807, 2.05) is 0 Å². The molecule has 1 aliphatic carbocycles. The topological polar surface area (TPSA) is 61.6 Å². The third-order valence-electron chi connectivity index (χ3n) is 4.00. The monoisotopic (exact) mass is 241 g/mol. The molecule has 1 saturated heterocycles. The van der Waals surface area contributed by atoms with E-state index >= 15 is 0 Å². The summed E-state index contributed by atoms with van der Waals surface area (Å²) in [5.74, 6) is 1.13. The summed E-state index contributed by atoms with van der Waals surface area (Å²) in [6, 6.07) is 0. The van der Waals surface area contributed by atoms with Gasteiger partial charge in [0.1, 0.15) is 0 Å². The van der Waals surface area contributed by atoms with Gasteiger partial charge < -0.3 is 15.2 Å². The quantitative estimate of drug-likeness (QED) is 0.754. The maximum Gasteiger partial charge on any atom is 0.308 e. The minimum absolute atomic E-state index is 0.00706. The average molecular weight is 241 g/mol. The van der Waals surface area contributed by atoms with Gasteiger partial charge in [-0.1, -0.05) is 0 Å². The highest BCUT2D eigenvalue weighted by molar-refractivity contribution is 5.72. The molecular weight excluding hydrogens is 218 g/mol. The Bertz CT molecular complexity index is 243. The van der Waals surface area contributed by atoms with Crippen LogP contribution in [-0.4, -0.2) is 32.3 Å². The summed E-state index contributed by atoms with van der Waals surface area (Å²) in [6.07, 6.45) is 5.06. The molecule has 0 radical (unpaired) electrons. The van der Waals surface area contributed by atoms with E-state index in [1.54, 1.807) is 0 Å². The Morgan fingerprint density at radius 3 is 2.53 bits per heavy atom. The summed E-state index contributed by atoms with van der Waals surface area (Å²) < 4.78 is 10.6. The molecule has 2 N–H and O–H groups in total. The number of esters is 1. The summed E-state index contributed by atoms with van der Waals surface area (Å²) in [5, 5.41) is 0. The molecule has 1 heterocycles. The van der Waals surface area contributed by atoms with E-state index in [1.165, 1.54) is 0 Å². The predicted octanol–water partition coefficient (Wildman–Crippen LogP) is 1.33. The van der Waals surface area contributed by atoms with Crippen LogP contribution in [0.25, 0.3) is 0 Å². The smallest absolute Gasteiger partial charge is 0.308 e. The maximum absolute atomic E-state index is 11.9. The molecule has 0 aromatic rings. The molecule has 4 heteroatoms. The maximum atomic E-state index is 11.9. The van der Waals surface area contributed by atoms with Crippen LogP contribution >= 0.6 is 0 Å². The molecule has 2 fully saturated rings. The fourth-order valence-electron chi connectivity index (χ4n) is 2.67. The van der Waals surface area contributed by atoms with E-state index in [9.17, 15) is 4.79 Å². The molecule has 1 atom stereocenters. The molecule has 1 saturated carbocycles. The molecule has 0 spiro atoms. The minimum Gasteiger partial charge on any atom is -0.465 e. The van der Waals surface area contributed by atoms with Gasteiger partial charge in [0.25, 0.3) is 0 Å². The number of nitrogens with two attached hydrogens (primary N) is 1. The van der Waals surface area contributed by atoms with Crippen LogP contribution in [0, 0.1) is 17.8 Å². The van der Waals surface area contributed by atoms with Gasteiger partial charge in [-0.3, -0.25) is 4.79 Å². The van der Waals surface area contributed by atoms with Crippen LogP contribution in [-0.2, 0) is 14.3 Å². The Morgan fingerprint density at radius 2 is 1.94 bits per heavy atom. The molecule has 4 nitrogen and oxygen atoms in total. The Morgan fingerprint density at radius 1 is 1.18 bits per heavy atom. The van der Waals surface area contributed by atoms with Crippen molar-refractivity contribution in [3.63, 3.8) is 0 Å². The number of hydrogen-bond acceptors (Lipinski definition) is 4. The molecule has 17 heavy (non-hydrogen) atoms. The van der Waals surface area contributed by atoms with Crippen molar-refractivity contribution in [2.45, 2.75) is 32.1 Å². The number of carbonyl (C=O) groups excluding carboxylic acids is 1. The van der Waals surface area contributed by atoms with Crippen molar-refractivity contribution < 1.29 is 14.3 Å². The van der Waals surface area contributed by atoms with Crippen LogP contribution in [0.3, 0.4) is 0 Å². The zero-order chi connectivity index (χ0) is 12.1. The number of ether oxygens (including phenoxy) is 2. The first kappa shape index (κ1) is 12.8. The SMILES string of the molecule is NCC1CCC(C(=O)OCC2CCOC2)CC1. The lowest BCUT2D eigenvalue weighted by atomic mass is 9.82. The van der Waals surface area contributed by atoms with Gasteiger partial charge in [0, 0.05) is 12.5 Å². The highest BCUT2D eigenvalue weighted by Crippen LogP contribution is 2.29. The largest absolute Gasteiger partial charge is 0.465 e. The van der Waals surface area contributed by atoms with Gasteiger partial charge in [0.05, 0.1) is 19.1 Å². The highest BCUT2D eigenvalue weighted by Gasteiger charge is 2.27. The van der Waals surface area contributed by atoms with Crippen LogP contribution in [0.15, 0.2) is 0 Å². The first-order valence-electron chi connectivity index (χ1n) is 6.74. The lowest BCUT2D eigenvalue weighted by molar-refractivity contribution is -0.151. The third-order valence-corrected chi connectivity index (χ3v) is 4.00. The van der Waals surface area contributed by atoms with Crippen LogP contribution in [0.2, 0.25) is 0 Å².